The number of fused-ring (bicyclic) bond motifs is 1. The zero-order valence-electron chi connectivity index (χ0n) is 19.6. The second-order valence-electron chi connectivity index (χ2n) is 9.12. The number of carbonyl (C=O) groups excluding carboxylic acids is 1. The van der Waals surface area contributed by atoms with Gasteiger partial charge in [0.1, 0.15) is 23.2 Å². The van der Waals surface area contributed by atoms with Crippen LogP contribution in [0.5, 0.6) is 0 Å². The van der Waals surface area contributed by atoms with E-state index in [0.717, 1.165) is 33.3 Å². The van der Waals surface area contributed by atoms with Crippen molar-refractivity contribution in [1.82, 2.24) is 14.8 Å². The molecular formula is C26H28N4O4. The Balaban J connectivity index is 1.76. The number of aryl methyl sites for hydroxylation is 1. The van der Waals surface area contributed by atoms with Crippen LogP contribution >= 0.6 is 0 Å². The highest BCUT2D eigenvalue weighted by molar-refractivity contribution is 5.89. The van der Waals surface area contributed by atoms with Gasteiger partial charge in [-0.05, 0) is 74.7 Å². The Morgan fingerprint density at radius 2 is 1.88 bits per heavy atom. The van der Waals surface area contributed by atoms with E-state index in [1.807, 2.05) is 55.5 Å². The molecule has 2 aromatic carbocycles. The standard InChI is InChI=1S/C26H28N4O4/c1-16-6-5-7-19(12-16)30-21-13-17(8-9-20(21)24(29-30)22(32)15-31)18-10-11-27-23(14-18)28-25(33)34-26(2,3)4/h5-14,22,31-32H,15H2,1-4H3,(H,27,28,33). The van der Waals surface area contributed by atoms with Crippen LogP contribution in [0.2, 0.25) is 0 Å². The van der Waals surface area contributed by atoms with Crippen LogP contribution in [0, 0.1) is 6.92 Å². The van der Waals surface area contributed by atoms with E-state index < -0.39 is 24.4 Å². The summed E-state index contributed by atoms with van der Waals surface area (Å²) in [7, 11) is 0. The number of aliphatic hydroxyl groups is 2. The van der Waals surface area contributed by atoms with Gasteiger partial charge in [-0.25, -0.2) is 14.5 Å². The van der Waals surface area contributed by atoms with Gasteiger partial charge in [0.2, 0.25) is 0 Å². The van der Waals surface area contributed by atoms with Crippen molar-refractivity contribution in [2.75, 3.05) is 11.9 Å². The van der Waals surface area contributed by atoms with Crippen molar-refractivity contribution in [3.8, 4) is 16.8 Å². The number of amides is 1. The zero-order valence-corrected chi connectivity index (χ0v) is 19.6. The van der Waals surface area contributed by atoms with E-state index in [4.69, 9.17) is 4.74 Å². The van der Waals surface area contributed by atoms with Gasteiger partial charge in [0.05, 0.1) is 17.8 Å². The van der Waals surface area contributed by atoms with Crippen LogP contribution in [-0.2, 0) is 4.74 Å². The minimum absolute atomic E-state index is 0.371. The number of aromatic nitrogens is 3. The average molecular weight is 461 g/mol. The van der Waals surface area contributed by atoms with Gasteiger partial charge in [0.15, 0.2) is 0 Å². The Morgan fingerprint density at radius 1 is 1.12 bits per heavy atom. The van der Waals surface area contributed by atoms with E-state index in [0.29, 0.717) is 11.5 Å². The first-order valence-corrected chi connectivity index (χ1v) is 11.0. The van der Waals surface area contributed by atoms with E-state index in [2.05, 4.69) is 15.4 Å². The molecule has 0 saturated heterocycles. The normalized spacial score (nSPS) is 12.5. The summed E-state index contributed by atoms with van der Waals surface area (Å²) in [5, 5.41) is 27.9. The fraction of sp³-hybridized carbons (Fsp3) is 0.269. The highest BCUT2D eigenvalue weighted by atomic mass is 16.6. The number of benzene rings is 2. The molecule has 0 bridgehead atoms. The highest BCUT2D eigenvalue weighted by Crippen LogP contribution is 2.31. The second kappa shape index (κ2) is 9.24. The molecule has 0 aliphatic carbocycles. The fourth-order valence-electron chi connectivity index (χ4n) is 3.69. The number of ether oxygens (including phenoxy) is 1. The summed E-state index contributed by atoms with van der Waals surface area (Å²) in [6.45, 7) is 6.97. The Hall–Kier alpha value is -3.75. The molecule has 2 heterocycles. The van der Waals surface area contributed by atoms with Crippen LogP contribution in [0.1, 0.15) is 38.1 Å². The van der Waals surface area contributed by atoms with Crippen molar-refractivity contribution in [3.05, 3.63) is 72.1 Å². The summed E-state index contributed by atoms with van der Waals surface area (Å²) in [6.07, 6.45) is -0.0527. The first-order valence-electron chi connectivity index (χ1n) is 11.0. The van der Waals surface area contributed by atoms with E-state index in [9.17, 15) is 15.0 Å². The highest BCUT2D eigenvalue weighted by Gasteiger charge is 2.20. The summed E-state index contributed by atoms with van der Waals surface area (Å²) in [6, 6.07) is 17.2. The lowest BCUT2D eigenvalue weighted by Gasteiger charge is -2.19. The Kier molecular flexibility index (Phi) is 6.37. The summed E-state index contributed by atoms with van der Waals surface area (Å²) in [4.78, 5) is 16.4. The molecular weight excluding hydrogens is 432 g/mol. The maximum Gasteiger partial charge on any atom is 0.413 e. The van der Waals surface area contributed by atoms with Crippen molar-refractivity contribution in [3.63, 3.8) is 0 Å². The predicted octanol–water partition coefficient (Wildman–Crippen LogP) is 4.77. The summed E-state index contributed by atoms with van der Waals surface area (Å²) >= 11 is 0. The van der Waals surface area contributed by atoms with Gasteiger partial charge < -0.3 is 14.9 Å². The van der Waals surface area contributed by atoms with Crippen molar-refractivity contribution >= 4 is 22.8 Å². The molecule has 1 amide bonds. The number of carbonyl (C=O) groups is 1. The largest absolute Gasteiger partial charge is 0.444 e. The molecule has 34 heavy (non-hydrogen) atoms. The van der Waals surface area contributed by atoms with E-state index in [1.54, 1.807) is 37.7 Å². The van der Waals surface area contributed by atoms with Crippen LogP contribution < -0.4 is 5.32 Å². The van der Waals surface area contributed by atoms with Crippen LogP contribution in [0.4, 0.5) is 10.6 Å². The van der Waals surface area contributed by atoms with Crippen molar-refractivity contribution < 1.29 is 19.7 Å². The van der Waals surface area contributed by atoms with Crippen LogP contribution in [-0.4, -0.2) is 43.3 Å². The van der Waals surface area contributed by atoms with Gasteiger partial charge in [-0.2, -0.15) is 5.10 Å². The lowest BCUT2D eigenvalue weighted by atomic mass is 10.0. The molecule has 8 nitrogen and oxygen atoms in total. The monoisotopic (exact) mass is 460 g/mol. The van der Waals surface area contributed by atoms with Gasteiger partial charge >= 0.3 is 6.09 Å². The molecule has 1 unspecified atom stereocenters. The number of aliphatic hydroxyl groups excluding tert-OH is 2. The number of nitrogens with one attached hydrogen (secondary N) is 1. The summed E-state index contributed by atoms with van der Waals surface area (Å²) in [5.41, 5.74) is 4.22. The van der Waals surface area contributed by atoms with Gasteiger partial charge in [-0.1, -0.05) is 24.3 Å². The number of rotatable bonds is 5. The van der Waals surface area contributed by atoms with E-state index in [1.165, 1.54) is 0 Å². The first-order chi connectivity index (χ1) is 16.1. The van der Waals surface area contributed by atoms with Crippen LogP contribution in [0.25, 0.3) is 27.7 Å². The van der Waals surface area contributed by atoms with E-state index >= 15 is 0 Å². The number of nitrogens with zero attached hydrogens (tertiary/aromatic N) is 3. The SMILES string of the molecule is Cc1cccc(-n2nc(C(O)CO)c3ccc(-c4ccnc(NC(=O)OC(C)(C)C)c4)cc32)c1. The fourth-order valence-corrected chi connectivity index (χ4v) is 3.69. The number of pyridine rings is 1. The topological polar surface area (TPSA) is 110 Å². The molecule has 176 valence electrons. The quantitative estimate of drug-likeness (QED) is 0.396. The molecule has 1 atom stereocenters. The number of hydrogen-bond donors (Lipinski definition) is 3. The van der Waals surface area contributed by atoms with Crippen molar-refractivity contribution in [2.24, 2.45) is 0 Å². The van der Waals surface area contributed by atoms with Crippen LogP contribution in [0.3, 0.4) is 0 Å². The minimum atomic E-state index is -1.09. The summed E-state index contributed by atoms with van der Waals surface area (Å²) < 4.78 is 7.07. The molecule has 2 aromatic heterocycles. The Morgan fingerprint density at radius 3 is 2.59 bits per heavy atom. The molecule has 0 radical (unpaired) electrons. The molecule has 4 rings (SSSR count). The maximum absolute atomic E-state index is 12.1. The Labute approximate surface area is 197 Å². The third kappa shape index (κ3) is 5.08. The predicted molar refractivity (Wildman–Crippen MR) is 131 cm³/mol. The molecule has 0 aliphatic rings. The lowest BCUT2D eigenvalue weighted by Crippen LogP contribution is -2.27. The van der Waals surface area contributed by atoms with Crippen molar-refractivity contribution in [2.45, 2.75) is 39.4 Å². The molecule has 0 spiro atoms. The van der Waals surface area contributed by atoms with Gasteiger partial charge in [-0.3, -0.25) is 5.32 Å². The molecule has 3 N–H and O–H groups in total. The van der Waals surface area contributed by atoms with Crippen molar-refractivity contribution in [1.29, 1.82) is 0 Å². The third-order valence-corrected chi connectivity index (χ3v) is 5.17. The molecule has 0 saturated carbocycles. The van der Waals surface area contributed by atoms with Gasteiger partial charge in [-0.15, -0.1) is 0 Å². The molecule has 0 fully saturated rings. The van der Waals surface area contributed by atoms with E-state index in [-0.39, 0.29) is 0 Å². The van der Waals surface area contributed by atoms with Gasteiger partial charge in [0, 0.05) is 11.6 Å². The number of hydrogen-bond acceptors (Lipinski definition) is 6. The molecule has 0 aliphatic heterocycles. The Bertz CT molecular complexity index is 1340. The second-order valence-corrected chi connectivity index (χ2v) is 9.12. The maximum atomic E-state index is 12.1. The lowest BCUT2D eigenvalue weighted by molar-refractivity contribution is 0.0635. The molecule has 4 aromatic rings. The zero-order chi connectivity index (χ0) is 24.5. The molecule has 8 heteroatoms. The van der Waals surface area contributed by atoms with Gasteiger partial charge in [0.25, 0.3) is 0 Å². The first kappa shape index (κ1) is 23.4. The number of anilines is 1. The minimum Gasteiger partial charge on any atom is -0.444 e. The average Bonchev–Trinajstić information content (AvgIpc) is 3.16. The third-order valence-electron chi connectivity index (χ3n) is 5.17. The summed E-state index contributed by atoms with van der Waals surface area (Å²) in [5.74, 6) is 0.371. The van der Waals surface area contributed by atoms with Crippen LogP contribution in [0.15, 0.2) is 60.8 Å². The smallest absolute Gasteiger partial charge is 0.413 e.